The summed E-state index contributed by atoms with van der Waals surface area (Å²) in [7, 11) is 0. The number of hydrogen-bond donors (Lipinski definition) is 2. The van der Waals surface area contributed by atoms with Gasteiger partial charge in [0.25, 0.3) is 0 Å². The molecule has 0 saturated heterocycles. The molecule has 2 nitrogen and oxygen atoms in total. The molecule has 9 heavy (non-hydrogen) atoms. The van der Waals surface area contributed by atoms with Gasteiger partial charge in [0, 0.05) is 0 Å². The van der Waals surface area contributed by atoms with E-state index >= 15 is 0 Å². The van der Waals surface area contributed by atoms with Gasteiger partial charge in [-0.15, -0.1) is 0 Å². The van der Waals surface area contributed by atoms with Crippen molar-refractivity contribution in [2.75, 3.05) is 0 Å². The quantitative estimate of drug-likeness (QED) is 0.412. The van der Waals surface area contributed by atoms with Crippen LogP contribution in [0.3, 0.4) is 0 Å². The molecule has 1 rings (SSSR count). The molecule has 1 aliphatic carbocycles. The third-order valence-electron chi connectivity index (χ3n) is 1.78. The molecule has 53 valence electrons. The molecular formula is C6H14FeN2+3. The van der Waals surface area contributed by atoms with Crippen LogP contribution in [-0.2, 0) is 17.1 Å². The summed E-state index contributed by atoms with van der Waals surface area (Å²) >= 11 is 0. The number of hydrogen-bond acceptors (Lipinski definition) is 2. The van der Waals surface area contributed by atoms with E-state index < -0.39 is 0 Å². The van der Waals surface area contributed by atoms with E-state index in [2.05, 4.69) is 0 Å². The van der Waals surface area contributed by atoms with E-state index in [1.807, 2.05) is 0 Å². The molecule has 0 heterocycles. The van der Waals surface area contributed by atoms with E-state index in [0.29, 0.717) is 0 Å². The minimum absolute atomic E-state index is 0. The maximum absolute atomic E-state index is 5.66. The van der Waals surface area contributed by atoms with Gasteiger partial charge in [0.15, 0.2) is 0 Å². The zero-order valence-corrected chi connectivity index (χ0v) is 6.65. The monoisotopic (exact) mass is 170 g/mol. The molecule has 4 N–H and O–H groups in total. The third kappa shape index (κ3) is 3.21. The van der Waals surface area contributed by atoms with Crippen molar-refractivity contribution in [3.05, 3.63) is 0 Å². The Kier molecular flexibility index (Phi) is 3.74. The molecular weight excluding hydrogens is 156 g/mol. The van der Waals surface area contributed by atoms with Crippen LogP contribution in [0.1, 0.15) is 32.1 Å². The maximum atomic E-state index is 5.66. The zero-order chi connectivity index (χ0) is 6.04. The Balaban J connectivity index is 0.000000640. The van der Waals surface area contributed by atoms with Crippen LogP contribution in [0.4, 0.5) is 0 Å². The average molecular weight is 170 g/mol. The van der Waals surface area contributed by atoms with Gasteiger partial charge in [-0.3, -0.25) is 0 Å². The summed E-state index contributed by atoms with van der Waals surface area (Å²) in [4.78, 5) is 0. The molecule has 0 atom stereocenters. The predicted octanol–water partition coefficient (Wildman–Crippen LogP) is 0.562. The van der Waals surface area contributed by atoms with Crippen LogP contribution in [0.5, 0.6) is 0 Å². The summed E-state index contributed by atoms with van der Waals surface area (Å²) in [5.41, 5.74) is 11.0. The molecule has 1 saturated carbocycles. The Morgan fingerprint density at radius 2 is 1.33 bits per heavy atom. The number of rotatable bonds is 0. The molecule has 0 bridgehead atoms. The summed E-state index contributed by atoms with van der Waals surface area (Å²) in [5, 5.41) is 0. The standard InChI is InChI=1S/C6H14N2.Fe/c7-6(8)4-2-1-3-5-6;/h1-5,7-8H2;/q;+3. The third-order valence-corrected chi connectivity index (χ3v) is 1.78. The minimum Gasteiger partial charge on any atom is -0.313 e. The fourth-order valence-electron chi connectivity index (χ4n) is 1.21. The van der Waals surface area contributed by atoms with Crippen LogP contribution in [0.25, 0.3) is 0 Å². The second-order valence-electron chi connectivity index (χ2n) is 2.79. The first kappa shape index (κ1) is 9.44. The molecule has 0 aliphatic heterocycles. The fourth-order valence-corrected chi connectivity index (χ4v) is 1.21. The minimum atomic E-state index is -0.321. The van der Waals surface area contributed by atoms with Crippen LogP contribution in [-0.4, -0.2) is 5.66 Å². The second-order valence-corrected chi connectivity index (χ2v) is 2.79. The zero-order valence-electron chi connectivity index (χ0n) is 5.54. The van der Waals surface area contributed by atoms with Gasteiger partial charge in [-0.05, 0) is 12.8 Å². The van der Waals surface area contributed by atoms with Crippen LogP contribution in [0.2, 0.25) is 0 Å². The van der Waals surface area contributed by atoms with Crippen LogP contribution in [0.15, 0.2) is 0 Å². The smallest absolute Gasteiger partial charge is 0.313 e. The SMILES string of the molecule is NC1(N)CCCCC1.[Fe+3]. The van der Waals surface area contributed by atoms with Gasteiger partial charge in [0.2, 0.25) is 0 Å². The Bertz CT molecular complexity index is 75.1. The first-order chi connectivity index (χ1) is 3.71. The predicted molar refractivity (Wildman–Crippen MR) is 34.2 cm³/mol. The van der Waals surface area contributed by atoms with Gasteiger partial charge >= 0.3 is 17.1 Å². The van der Waals surface area contributed by atoms with Crippen LogP contribution in [0, 0.1) is 0 Å². The molecule has 1 radical (unpaired) electrons. The Hall–Kier alpha value is 0.439. The van der Waals surface area contributed by atoms with Gasteiger partial charge in [0.05, 0.1) is 5.66 Å². The second kappa shape index (κ2) is 3.57. The van der Waals surface area contributed by atoms with Crippen molar-refractivity contribution in [3.63, 3.8) is 0 Å². The van der Waals surface area contributed by atoms with Crippen molar-refractivity contribution in [1.82, 2.24) is 0 Å². The molecule has 0 unspecified atom stereocenters. The van der Waals surface area contributed by atoms with E-state index in [4.69, 9.17) is 11.5 Å². The summed E-state index contributed by atoms with van der Waals surface area (Å²) in [6.07, 6.45) is 5.76. The number of nitrogens with two attached hydrogens (primary N) is 2. The normalized spacial score (nSPS) is 24.7. The fraction of sp³-hybridized carbons (Fsp3) is 1.00. The topological polar surface area (TPSA) is 52.0 Å². The summed E-state index contributed by atoms with van der Waals surface area (Å²) in [5.74, 6) is 0. The summed E-state index contributed by atoms with van der Waals surface area (Å²) < 4.78 is 0. The molecule has 0 aromatic heterocycles. The first-order valence-corrected chi connectivity index (χ1v) is 3.28. The van der Waals surface area contributed by atoms with Crippen molar-refractivity contribution < 1.29 is 17.1 Å². The van der Waals surface area contributed by atoms with E-state index in [1.165, 1.54) is 19.3 Å². The van der Waals surface area contributed by atoms with E-state index in [0.717, 1.165) is 12.8 Å². The van der Waals surface area contributed by atoms with E-state index in [1.54, 1.807) is 0 Å². The van der Waals surface area contributed by atoms with Gasteiger partial charge in [-0.2, -0.15) is 0 Å². The van der Waals surface area contributed by atoms with Crippen molar-refractivity contribution >= 4 is 0 Å². The average Bonchev–Trinajstić information content (AvgIpc) is 1.65. The van der Waals surface area contributed by atoms with Crippen molar-refractivity contribution in [1.29, 1.82) is 0 Å². The van der Waals surface area contributed by atoms with Crippen LogP contribution < -0.4 is 11.5 Å². The molecule has 3 heteroatoms. The molecule has 0 aromatic carbocycles. The van der Waals surface area contributed by atoms with E-state index in [-0.39, 0.29) is 22.7 Å². The molecule has 1 aliphatic rings. The summed E-state index contributed by atoms with van der Waals surface area (Å²) in [6, 6.07) is 0. The van der Waals surface area contributed by atoms with Gasteiger partial charge in [-0.1, -0.05) is 19.3 Å². The Morgan fingerprint density at radius 1 is 0.889 bits per heavy atom. The largest absolute Gasteiger partial charge is 3.00 e. The van der Waals surface area contributed by atoms with Crippen molar-refractivity contribution in [2.45, 2.75) is 37.8 Å². The molecule has 0 spiro atoms. The first-order valence-electron chi connectivity index (χ1n) is 3.28. The molecule has 0 amide bonds. The van der Waals surface area contributed by atoms with Gasteiger partial charge in [-0.25, -0.2) is 0 Å². The van der Waals surface area contributed by atoms with Gasteiger partial charge in [0.1, 0.15) is 0 Å². The molecule has 1 fully saturated rings. The van der Waals surface area contributed by atoms with Crippen molar-refractivity contribution in [3.8, 4) is 0 Å². The van der Waals surface area contributed by atoms with E-state index in [9.17, 15) is 0 Å². The van der Waals surface area contributed by atoms with Crippen LogP contribution >= 0.6 is 0 Å². The maximum Gasteiger partial charge on any atom is 3.00 e. The Labute approximate surface area is 66.8 Å². The summed E-state index contributed by atoms with van der Waals surface area (Å²) in [6.45, 7) is 0. The molecule has 0 aromatic rings. The van der Waals surface area contributed by atoms with Crippen molar-refractivity contribution in [2.24, 2.45) is 11.5 Å². The Morgan fingerprint density at radius 3 is 1.56 bits per heavy atom. The van der Waals surface area contributed by atoms with Gasteiger partial charge < -0.3 is 11.5 Å².